The van der Waals surface area contributed by atoms with Gasteiger partial charge in [-0.1, -0.05) is 0 Å². The fraction of sp³-hybridized carbons (Fsp3) is 0.714. The third-order valence-corrected chi connectivity index (χ3v) is 3.14. The van der Waals surface area contributed by atoms with Gasteiger partial charge >= 0.3 is 0 Å². The van der Waals surface area contributed by atoms with Crippen LogP contribution in [0.4, 0.5) is 0 Å². The van der Waals surface area contributed by atoms with E-state index in [2.05, 4.69) is 57.5 Å². The van der Waals surface area contributed by atoms with Crippen LogP contribution in [0.1, 0.15) is 41.5 Å². The second kappa shape index (κ2) is 7.77. The molecule has 0 atom stereocenters. The highest BCUT2D eigenvalue weighted by atomic mass is 15.3. The van der Waals surface area contributed by atoms with E-state index in [9.17, 15) is 0 Å². The number of nitrogens with zero attached hydrogens (tertiary/aromatic N) is 6. The summed E-state index contributed by atoms with van der Waals surface area (Å²) in [6, 6.07) is 0. The quantitative estimate of drug-likeness (QED) is 0.792. The Kier molecular flexibility index (Phi) is 6.35. The molecule has 0 fully saturated rings. The third kappa shape index (κ3) is 4.15. The first kappa shape index (κ1) is 16.3. The Balaban J connectivity index is 3.15. The zero-order chi connectivity index (χ0) is 15.1. The Morgan fingerprint density at radius 3 is 1.15 bits per heavy atom. The van der Waals surface area contributed by atoms with Crippen molar-refractivity contribution < 1.29 is 0 Å². The fourth-order valence-electron chi connectivity index (χ4n) is 1.97. The monoisotopic (exact) mass is 278 g/mol. The molecule has 0 bridgehead atoms. The maximum absolute atomic E-state index is 4.53. The molecular formula is C14H26N6. The van der Waals surface area contributed by atoms with E-state index >= 15 is 0 Å². The molecular weight excluding hydrogens is 252 g/mol. The van der Waals surface area contributed by atoms with Crippen LogP contribution in [0.5, 0.6) is 0 Å². The molecule has 0 aromatic rings. The fourth-order valence-corrected chi connectivity index (χ4v) is 1.97. The molecule has 1 aliphatic rings. The lowest BCUT2D eigenvalue weighted by Gasteiger charge is -2.23. The Morgan fingerprint density at radius 2 is 0.900 bits per heavy atom. The predicted octanol–water partition coefficient (Wildman–Crippen LogP) is 2.23. The van der Waals surface area contributed by atoms with Crippen molar-refractivity contribution in [3.05, 3.63) is 0 Å². The molecule has 1 heterocycles. The summed E-state index contributed by atoms with van der Waals surface area (Å²) in [6.45, 7) is 15.6. The standard InChI is InChI=1S/C14H26N6/c1-7-19(8-2)13-15-11(5)17-14(18-12(6)16-13)20(9-3)10-4/h7-10H2,1-6H3/b15-11-,15-13?,16-12?,16-13+,17-11?,17-14+,18-12-,18-14?. The maximum atomic E-state index is 4.53. The van der Waals surface area contributed by atoms with Gasteiger partial charge in [-0.3, -0.25) is 0 Å². The van der Waals surface area contributed by atoms with Crippen LogP contribution in [-0.4, -0.2) is 59.6 Å². The summed E-state index contributed by atoms with van der Waals surface area (Å²) in [6.07, 6.45) is 0. The van der Waals surface area contributed by atoms with E-state index in [1.54, 1.807) is 0 Å². The molecule has 0 aromatic heterocycles. The molecule has 0 N–H and O–H groups in total. The van der Waals surface area contributed by atoms with E-state index in [1.807, 2.05) is 13.8 Å². The Labute approximate surface area is 122 Å². The molecule has 6 nitrogen and oxygen atoms in total. The van der Waals surface area contributed by atoms with E-state index in [4.69, 9.17) is 0 Å². The molecule has 0 radical (unpaired) electrons. The molecule has 6 heteroatoms. The highest BCUT2D eigenvalue weighted by Crippen LogP contribution is 2.04. The summed E-state index contributed by atoms with van der Waals surface area (Å²) in [5, 5.41) is 0. The summed E-state index contributed by atoms with van der Waals surface area (Å²) >= 11 is 0. The first-order chi connectivity index (χ1) is 9.55. The molecule has 0 unspecified atom stereocenters. The molecule has 1 rings (SSSR count). The van der Waals surface area contributed by atoms with Crippen molar-refractivity contribution in [1.29, 1.82) is 0 Å². The van der Waals surface area contributed by atoms with Crippen LogP contribution < -0.4 is 0 Å². The topological polar surface area (TPSA) is 55.9 Å². The molecule has 112 valence electrons. The number of hydrogen-bond donors (Lipinski definition) is 0. The highest BCUT2D eigenvalue weighted by molar-refractivity contribution is 6.09. The summed E-state index contributed by atoms with van der Waals surface area (Å²) < 4.78 is 0. The van der Waals surface area contributed by atoms with Gasteiger partial charge in [0.2, 0.25) is 11.9 Å². The van der Waals surface area contributed by atoms with E-state index in [0.717, 1.165) is 26.2 Å². The number of aliphatic imine (C=N–C) groups is 4. The third-order valence-electron chi connectivity index (χ3n) is 3.14. The van der Waals surface area contributed by atoms with Gasteiger partial charge in [0.1, 0.15) is 11.7 Å². The molecule has 0 saturated heterocycles. The lowest BCUT2D eigenvalue weighted by atomic mass is 10.5. The zero-order valence-electron chi connectivity index (χ0n) is 13.5. The van der Waals surface area contributed by atoms with Crippen LogP contribution in [0, 0.1) is 0 Å². The molecule has 0 aromatic carbocycles. The molecule has 20 heavy (non-hydrogen) atoms. The lowest BCUT2D eigenvalue weighted by Crippen LogP contribution is -2.33. The minimum atomic E-state index is 0.689. The summed E-state index contributed by atoms with van der Waals surface area (Å²) in [5.74, 6) is 2.76. The van der Waals surface area contributed by atoms with Gasteiger partial charge in [-0.05, 0) is 41.5 Å². The summed E-state index contributed by atoms with van der Waals surface area (Å²) in [4.78, 5) is 22.3. The van der Waals surface area contributed by atoms with E-state index in [-0.39, 0.29) is 0 Å². The van der Waals surface area contributed by atoms with Crippen LogP contribution in [0.2, 0.25) is 0 Å². The van der Waals surface area contributed by atoms with Gasteiger partial charge < -0.3 is 9.80 Å². The normalized spacial score (nSPS) is 25.9. The van der Waals surface area contributed by atoms with Crippen molar-refractivity contribution in [3.8, 4) is 0 Å². The van der Waals surface area contributed by atoms with Gasteiger partial charge in [-0.15, -0.1) is 0 Å². The van der Waals surface area contributed by atoms with Crippen molar-refractivity contribution in [2.24, 2.45) is 20.0 Å². The van der Waals surface area contributed by atoms with E-state index < -0.39 is 0 Å². The van der Waals surface area contributed by atoms with Crippen LogP contribution in [-0.2, 0) is 0 Å². The van der Waals surface area contributed by atoms with Gasteiger partial charge in [-0.25, -0.2) is 0 Å². The van der Waals surface area contributed by atoms with Gasteiger partial charge in [0.15, 0.2) is 0 Å². The molecule has 1 aliphatic heterocycles. The average molecular weight is 278 g/mol. The van der Waals surface area contributed by atoms with Crippen LogP contribution in [0.3, 0.4) is 0 Å². The average Bonchev–Trinajstić information content (AvgIpc) is 2.39. The second-order valence-corrected chi connectivity index (χ2v) is 4.49. The Bertz CT molecular complexity index is 397. The molecule has 0 amide bonds. The lowest BCUT2D eigenvalue weighted by molar-refractivity contribution is 0.458. The first-order valence-corrected chi connectivity index (χ1v) is 7.33. The highest BCUT2D eigenvalue weighted by Gasteiger charge is 2.13. The van der Waals surface area contributed by atoms with Crippen molar-refractivity contribution in [2.45, 2.75) is 41.5 Å². The van der Waals surface area contributed by atoms with Gasteiger partial charge in [0.25, 0.3) is 0 Å². The van der Waals surface area contributed by atoms with Crippen molar-refractivity contribution in [1.82, 2.24) is 9.80 Å². The zero-order valence-corrected chi connectivity index (χ0v) is 13.5. The largest absolute Gasteiger partial charge is 0.341 e. The van der Waals surface area contributed by atoms with E-state index in [0.29, 0.717) is 23.6 Å². The van der Waals surface area contributed by atoms with Gasteiger partial charge in [0, 0.05) is 26.2 Å². The van der Waals surface area contributed by atoms with Crippen LogP contribution in [0.25, 0.3) is 0 Å². The first-order valence-electron chi connectivity index (χ1n) is 7.33. The predicted molar refractivity (Wildman–Crippen MR) is 86.9 cm³/mol. The van der Waals surface area contributed by atoms with Crippen LogP contribution >= 0.6 is 0 Å². The molecule has 0 saturated carbocycles. The van der Waals surface area contributed by atoms with Crippen molar-refractivity contribution in [3.63, 3.8) is 0 Å². The van der Waals surface area contributed by atoms with Crippen molar-refractivity contribution >= 4 is 23.6 Å². The number of rotatable bonds is 4. The van der Waals surface area contributed by atoms with Gasteiger partial charge in [0.05, 0.1) is 0 Å². The number of hydrogen-bond acceptors (Lipinski definition) is 6. The summed E-state index contributed by atoms with van der Waals surface area (Å²) in [7, 11) is 0. The van der Waals surface area contributed by atoms with E-state index in [1.165, 1.54) is 0 Å². The Hall–Kier alpha value is -1.72. The van der Waals surface area contributed by atoms with Crippen LogP contribution in [0.15, 0.2) is 20.0 Å². The minimum Gasteiger partial charge on any atom is -0.341 e. The van der Waals surface area contributed by atoms with Crippen molar-refractivity contribution in [2.75, 3.05) is 26.2 Å². The molecule has 0 spiro atoms. The Morgan fingerprint density at radius 1 is 0.600 bits per heavy atom. The number of amidine groups is 2. The summed E-state index contributed by atoms with van der Waals surface area (Å²) in [5.41, 5.74) is 0. The smallest absolute Gasteiger partial charge is 0.228 e. The SMILES string of the molecule is CCN(CC)C1=N/C(C)=N\C(N(CC)CC)=N/C(C)=N\1. The maximum Gasteiger partial charge on any atom is 0.228 e. The minimum absolute atomic E-state index is 0.689. The van der Waals surface area contributed by atoms with Gasteiger partial charge in [-0.2, -0.15) is 20.0 Å². The molecule has 0 aliphatic carbocycles. The second-order valence-electron chi connectivity index (χ2n) is 4.49. The number of guanidine groups is 2.